The highest BCUT2D eigenvalue weighted by atomic mass is 15.3. The molecule has 0 aliphatic heterocycles. The largest absolute Gasteiger partial charge is 0.316 e. The summed E-state index contributed by atoms with van der Waals surface area (Å²) in [4.78, 5) is 0. The number of aryl methyl sites for hydroxylation is 2. The van der Waals surface area contributed by atoms with Gasteiger partial charge in [0.15, 0.2) is 0 Å². The summed E-state index contributed by atoms with van der Waals surface area (Å²) in [5.74, 6) is 0. The Labute approximate surface area is 109 Å². The molecule has 0 fully saturated rings. The molecule has 0 aliphatic rings. The monoisotopic (exact) mass is 243 g/mol. The SMILES string of the molecule is CCCn1nccc1-c1cc(CNC)ccc1C. The summed E-state index contributed by atoms with van der Waals surface area (Å²) in [6, 6.07) is 8.72. The van der Waals surface area contributed by atoms with Gasteiger partial charge < -0.3 is 5.32 Å². The summed E-state index contributed by atoms with van der Waals surface area (Å²) in [7, 11) is 1.97. The van der Waals surface area contributed by atoms with E-state index in [4.69, 9.17) is 0 Å². The fraction of sp³-hybridized carbons (Fsp3) is 0.400. The molecule has 0 amide bonds. The highest BCUT2D eigenvalue weighted by molar-refractivity contribution is 5.64. The maximum atomic E-state index is 4.40. The van der Waals surface area contributed by atoms with Crippen molar-refractivity contribution < 1.29 is 0 Å². The van der Waals surface area contributed by atoms with Gasteiger partial charge in [-0.05, 0) is 43.7 Å². The lowest BCUT2D eigenvalue weighted by atomic mass is 10.0. The molecule has 1 aromatic carbocycles. The number of nitrogens with one attached hydrogen (secondary N) is 1. The molecule has 2 aromatic rings. The van der Waals surface area contributed by atoms with Crippen LogP contribution < -0.4 is 5.32 Å². The smallest absolute Gasteiger partial charge is 0.0684 e. The van der Waals surface area contributed by atoms with Gasteiger partial charge in [-0.15, -0.1) is 0 Å². The molecule has 1 N–H and O–H groups in total. The third-order valence-electron chi connectivity index (χ3n) is 3.11. The first-order valence-electron chi connectivity index (χ1n) is 6.52. The van der Waals surface area contributed by atoms with E-state index in [1.807, 2.05) is 13.2 Å². The molecule has 0 aliphatic carbocycles. The lowest BCUT2D eigenvalue weighted by Crippen LogP contribution is -2.06. The number of hydrogen-bond donors (Lipinski definition) is 1. The standard InChI is InChI=1S/C15H21N3/c1-4-9-18-15(7-8-17-18)14-10-13(11-16-3)6-5-12(14)2/h5-8,10,16H,4,9,11H2,1-3H3. The van der Waals surface area contributed by atoms with Crippen molar-refractivity contribution in [2.75, 3.05) is 7.05 Å². The van der Waals surface area contributed by atoms with Gasteiger partial charge in [-0.1, -0.05) is 19.1 Å². The van der Waals surface area contributed by atoms with Crippen molar-refractivity contribution >= 4 is 0 Å². The van der Waals surface area contributed by atoms with Gasteiger partial charge >= 0.3 is 0 Å². The van der Waals surface area contributed by atoms with Crippen molar-refractivity contribution in [1.82, 2.24) is 15.1 Å². The van der Waals surface area contributed by atoms with E-state index in [1.165, 1.54) is 22.4 Å². The summed E-state index contributed by atoms with van der Waals surface area (Å²) in [6.45, 7) is 6.20. The first kappa shape index (κ1) is 12.8. The lowest BCUT2D eigenvalue weighted by molar-refractivity contribution is 0.609. The summed E-state index contributed by atoms with van der Waals surface area (Å²) in [6.07, 6.45) is 2.99. The second-order valence-electron chi connectivity index (χ2n) is 4.62. The number of rotatable bonds is 5. The molecule has 18 heavy (non-hydrogen) atoms. The van der Waals surface area contributed by atoms with Gasteiger partial charge in [0.1, 0.15) is 0 Å². The van der Waals surface area contributed by atoms with Gasteiger partial charge in [0, 0.05) is 24.8 Å². The molecule has 1 aromatic heterocycles. The van der Waals surface area contributed by atoms with Crippen molar-refractivity contribution in [3.8, 4) is 11.3 Å². The zero-order chi connectivity index (χ0) is 13.0. The summed E-state index contributed by atoms with van der Waals surface area (Å²) >= 11 is 0. The van der Waals surface area contributed by atoms with E-state index in [2.05, 4.69) is 53.2 Å². The molecule has 0 saturated heterocycles. The first-order valence-corrected chi connectivity index (χ1v) is 6.52. The Bertz CT molecular complexity index is 514. The summed E-state index contributed by atoms with van der Waals surface area (Å²) in [5.41, 5.74) is 5.11. The maximum absolute atomic E-state index is 4.40. The first-order chi connectivity index (χ1) is 8.76. The van der Waals surface area contributed by atoms with Crippen molar-refractivity contribution in [2.45, 2.75) is 33.4 Å². The van der Waals surface area contributed by atoms with Gasteiger partial charge in [0.25, 0.3) is 0 Å². The van der Waals surface area contributed by atoms with Gasteiger partial charge in [-0.3, -0.25) is 4.68 Å². The number of hydrogen-bond acceptors (Lipinski definition) is 2. The lowest BCUT2D eigenvalue weighted by Gasteiger charge is -2.11. The van der Waals surface area contributed by atoms with Crippen LogP contribution in [0.2, 0.25) is 0 Å². The molecule has 0 atom stereocenters. The van der Waals surface area contributed by atoms with Crippen LogP contribution in [-0.4, -0.2) is 16.8 Å². The van der Waals surface area contributed by atoms with Crippen molar-refractivity contribution in [1.29, 1.82) is 0 Å². The Morgan fingerprint density at radius 2 is 2.11 bits per heavy atom. The molecular formula is C15H21N3. The molecule has 96 valence electrons. The fourth-order valence-corrected chi connectivity index (χ4v) is 2.21. The Morgan fingerprint density at radius 3 is 2.83 bits per heavy atom. The van der Waals surface area contributed by atoms with Crippen molar-refractivity contribution in [3.63, 3.8) is 0 Å². The van der Waals surface area contributed by atoms with Crippen LogP contribution in [0.5, 0.6) is 0 Å². The third-order valence-corrected chi connectivity index (χ3v) is 3.11. The van der Waals surface area contributed by atoms with E-state index < -0.39 is 0 Å². The molecule has 0 radical (unpaired) electrons. The van der Waals surface area contributed by atoms with E-state index in [0.717, 1.165) is 19.5 Å². The second kappa shape index (κ2) is 5.83. The average Bonchev–Trinajstić information content (AvgIpc) is 2.81. The minimum Gasteiger partial charge on any atom is -0.316 e. The van der Waals surface area contributed by atoms with Crippen LogP contribution in [0.1, 0.15) is 24.5 Å². The van der Waals surface area contributed by atoms with Crippen LogP contribution in [0.25, 0.3) is 11.3 Å². The normalized spacial score (nSPS) is 10.8. The predicted molar refractivity (Wildman–Crippen MR) is 75.5 cm³/mol. The van der Waals surface area contributed by atoms with Crippen LogP contribution >= 0.6 is 0 Å². The average molecular weight is 243 g/mol. The van der Waals surface area contributed by atoms with Crippen LogP contribution in [-0.2, 0) is 13.1 Å². The highest BCUT2D eigenvalue weighted by Gasteiger charge is 2.08. The van der Waals surface area contributed by atoms with Gasteiger partial charge in [-0.2, -0.15) is 5.10 Å². The molecule has 3 nitrogen and oxygen atoms in total. The Kier molecular flexibility index (Phi) is 4.15. The number of aromatic nitrogens is 2. The van der Waals surface area contributed by atoms with E-state index >= 15 is 0 Å². The zero-order valence-corrected chi connectivity index (χ0v) is 11.4. The minimum atomic E-state index is 0.898. The minimum absolute atomic E-state index is 0.898. The molecule has 0 spiro atoms. The molecular weight excluding hydrogens is 222 g/mol. The van der Waals surface area contributed by atoms with Crippen LogP contribution in [0.4, 0.5) is 0 Å². The van der Waals surface area contributed by atoms with E-state index in [0.29, 0.717) is 0 Å². The number of nitrogens with zero attached hydrogens (tertiary/aromatic N) is 2. The molecule has 0 bridgehead atoms. The Morgan fingerprint density at radius 1 is 1.28 bits per heavy atom. The van der Waals surface area contributed by atoms with Gasteiger partial charge in [-0.25, -0.2) is 0 Å². The summed E-state index contributed by atoms with van der Waals surface area (Å²) in [5, 5.41) is 7.59. The molecule has 2 rings (SSSR count). The molecule has 0 saturated carbocycles. The third kappa shape index (κ3) is 2.62. The van der Waals surface area contributed by atoms with Crippen LogP contribution in [0.15, 0.2) is 30.5 Å². The molecule has 3 heteroatoms. The summed E-state index contributed by atoms with van der Waals surface area (Å²) < 4.78 is 2.09. The van der Waals surface area contributed by atoms with E-state index in [9.17, 15) is 0 Å². The van der Waals surface area contributed by atoms with Crippen molar-refractivity contribution in [2.24, 2.45) is 0 Å². The predicted octanol–water partition coefficient (Wildman–Crippen LogP) is 2.99. The topological polar surface area (TPSA) is 29.9 Å². The molecule has 0 unspecified atom stereocenters. The molecule has 1 heterocycles. The van der Waals surface area contributed by atoms with Crippen LogP contribution in [0.3, 0.4) is 0 Å². The second-order valence-corrected chi connectivity index (χ2v) is 4.62. The Balaban J connectivity index is 2.42. The quantitative estimate of drug-likeness (QED) is 0.875. The van der Waals surface area contributed by atoms with Gasteiger partial charge in [0.05, 0.1) is 5.69 Å². The zero-order valence-electron chi connectivity index (χ0n) is 11.4. The van der Waals surface area contributed by atoms with Crippen LogP contribution in [0, 0.1) is 6.92 Å². The van der Waals surface area contributed by atoms with Gasteiger partial charge in [0.2, 0.25) is 0 Å². The maximum Gasteiger partial charge on any atom is 0.0684 e. The number of benzene rings is 1. The Hall–Kier alpha value is -1.61. The van der Waals surface area contributed by atoms with E-state index in [1.54, 1.807) is 0 Å². The fourth-order valence-electron chi connectivity index (χ4n) is 2.21. The highest BCUT2D eigenvalue weighted by Crippen LogP contribution is 2.24. The van der Waals surface area contributed by atoms with Crippen molar-refractivity contribution in [3.05, 3.63) is 41.6 Å². The van der Waals surface area contributed by atoms with E-state index in [-0.39, 0.29) is 0 Å².